The van der Waals surface area contributed by atoms with E-state index in [4.69, 9.17) is 0 Å². The van der Waals surface area contributed by atoms with Crippen molar-refractivity contribution in [2.75, 3.05) is 39.3 Å². The predicted molar refractivity (Wildman–Crippen MR) is 105 cm³/mol. The maximum absolute atomic E-state index is 13.1. The Bertz CT molecular complexity index is 643. The second-order valence-corrected chi connectivity index (χ2v) is 8.29. The fourth-order valence-electron chi connectivity index (χ4n) is 4.03. The number of hydrogen-bond donors (Lipinski definition) is 2. The van der Waals surface area contributed by atoms with Crippen molar-refractivity contribution >= 4 is 5.91 Å². The highest BCUT2D eigenvalue weighted by molar-refractivity contribution is 5.97. The van der Waals surface area contributed by atoms with Gasteiger partial charge in [0.05, 0.1) is 5.56 Å². The highest BCUT2D eigenvalue weighted by Gasteiger charge is 2.30. The first-order valence-corrected chi connectivity index (χ1v) is 9.99. The number of phenols is 1. The lowest BCUT2D eigenvalue weighted by Gasteiger charge is -2.38. The minimum Gasteiger partial charge on any atom is -0.507 e. The van der Waals surface area contributed by atoms with Crippen molar-refractivity contribution in [2.24, 2.45) is 0 Å². The maximum Gasteiger partial charge on any atom is 0.257 e. The van der Waals surface area contributed by atoms with Crippen LogP contribution in [0.15, 0.2) is 12.1 Å². The Kier molecular flexibility index (Phi) is 5.88. The molecule has 0 spiro atoms. The molecule has 1 amide bonds. The van der Waals surface area contributed by atoms with E-state index in [0.29, 0.717) is 17.5 Å². The number of phenolic OH excluding ortho intramolecular Hbond substituents is 1. The predicted octanol–water partition coefficient (Wildman–Crippen LogP) is 2.76. The molecule has 0 aliphatic carbocycles. The maximum atomic E-state index is 13.1. The SMILES string of the molecule is CC(C)c1cc(C(=O)N2CCN([C@@H]3CCNC3)CC2)c(O)c(C(C)C)c1. The molecule has 1 aromatic carbocycles. The van der Waals surface area contributed by atoms with E-state index in [0.717, 1.165) is 50.4 Å². The van der Waals surface area contributed by atoms with Crippen molar-refractivity contribution in [3.8, 4) is 5.75 Å². The van der Waals surface area contributed by atoms with Gasteiger partial charge in [0.1, 0.15) is 5.75 Å². The van der Waals surface area contributed by atoms with Crippen molar-refractivity contribution in [3.63, 3.8) is 0 Å². The number of carbonyl (C=O) groups is 1. The summed E-state index contributed by atoms with van der Waals surface area (Å²) in [6, 6.07) is 4.55. The van der Waals surface area contributed by atoms with Crippen LogP contribution in [0.1, 0.15) is 67.4 Å². The molecule has 0 saturated carbocycles. The first kappa shape index (κ1) is 19.2. The number of benzene rings is 1. The number of aromatic hydroxyl groups is 1. The summed E-state index contributed by atoms with van der Waals surface area (Å²) in [4.78, 5) is 17.5. The fourth-order valence-corrected chi connectivity index (χ4v) is 4.03. The molecule has 0 bridgehead atoms. The summed E-state index contributed by atoms with van der Waals surface area (Å²) < 4.78 is 0. The monoisotopic (exact) mass is 359 g/mol. The van der Waals surface area contributed by atoms with E-state index in [1.807, 2.05) is 17.0 Å². The van der Waals surface area contributed by atoms with Crippen LogP contribution in [0, 0.1) is 0 Å². The van der Waals surface area contributed by atoms with E-state index < -0.39 is 0 Å². The van der Waals surface area contributed by atoms with Crippen LogP contribution < -0.4 is 5.32 Å². The van der Waals surface area contributed by atoms with Crippen molar-refractivity contribution in [2.45, 2.75) is 52.0 Å². The van der Waals surface area contributed by atoms with Crippen LogP contribution in [0.25, 0.3) is 0 Å². The molecular formula is C21H33N3O2. The molecule has 1 aromatic rings. The Labute approximate surface area is 157 Å². The largest absolute Gasteiger partial charge is 0.507 e. The fraction of sp³-hybridized carbons (Fsp3) is 0.667. The van der Waals surface area contributed by atoms with Crippen LogP contribution in [-0.4, -0.2) is 66.1 Å². The quantitative estimate of drug-likeness (QED) is 0.868. The Hall–Kier alpha value is -1.59. The van der Waals surface area contributed by atoms with Crippen LogP contribution in [0.3, 0.4) is 0 Å². The number of nitrogens with zero attached hydrogens (tertiary/aromatic N) is 2. The third kappa shape index (κ3) is 3.89. The first-order valence-electron chi connectivity index (χ1n) is 9.99. The molecule has 0 aromatic heterocycles. The molecule has 5 nitrogen and oxygen atoms in total. The zero-order chi connectivity index (χ0) is 18.8. The van der Waals surface area contributed by atoms with Gasteiger partial charge in [-0.3, -0.25) is 9.69 Å². The zero-order valence-electron chi connectivity index (χ0n) is 16.6. The molecule has 2 saturated heterocycles. The van der Waals surface area contributed by atoms with Crippen LogP contribution >= 0.6 is 0 Å². The standard InChI is InChI=1S/C21H33N3O2/c1-14(2)16-11-18(15(3)4)20(25)19(12-16)21(26)24-9-7-23(8-10-24)17-5-6-22-13-17/h11-12,14-15,17,22,25H,5-10,13H2,1-4H3/t17-/m1/s1. The third-order valence-electron chi connectivity index (χ3n) is 5.83. The van der Waals surface area contributed by atoms with Gasteiger partial charge in [-0.15, -0.1) is 0 Å². The Balaban J connectivity index is 1.77. The lowest BCUT2D eigenvalue weighted by molar-refractivity contribution is 0.0581. The second-order valence-electron chi connectivity index (χ2n) is 8.29. The number of piperazine rings is 1. The smallest absolute Gasteiger partial charge is 0.257 e. The lowest BCUT2D eigenvalue weighted by Crippen LogP contribution is -2.52. The third-order valence-corrected chi connectivity index (χ3v) is 5.83. The Morgan fingerprint density at radius 2 is 1.81 bits per heavy atom. The van der Waals surface area contributed by atoms with Gasteiger partial charge in [-0.1, -0.05) is 33.8 Å². The molecule has 5 heteroatoms. The van der Waals surface area contributed by atoms with Crippen LogP contribution in [0.2, 0.25) is 0 Å². The summed E-state index contributed by atoms with van der Waals surface area (Å²) in [6.45, 7) is 13.8. The molecule has 2 aliphatic rings. The minimum absolute atomic E-state index is 0.0314. The van der Waals surface area contributed by atoms with Gasteiger partial charge < -0.3 is 15.3 Å². The van der Waals surface area contributed by atoms with E-state index in [1.165, 1.54) is 6.42 Å². The highest BCUT2D eigenvalue weighted by atomic mass is 16.3. The van der Waals surface area contributed by atoms with Gasteiger partial charge in [0.25, 0.3) is 5.91 Å². The van der Waals surface area contributed by atoms with Gasteiger partial charge in [-0.25, -0.2) is 0 Å². The molecule has 26 heavy (non-hydrogen) atoms. The number of nitrogens with one attached hydrogen (secondary N) is 1. The normalized spacial score (nSPS) is 21.8. The molecule has 2 aliphatic heterocycles. The van der Waals surface area contributed by atoms with Crippen LogP contribution in [0.4, 0.5) is 0 Å². The van der Waals surface area contributed by atoms with Gasteiger partial charge in [-0.2, -0.15) is 0 Å². The van der Waals surface area contributed by atoms with Crippen molar-refractivity contribution < 1.29 is 9.90 Å². The summed E-state index contributed by atoms with van der Waals surface area (Å²) in [5.41, 5.74) is 2.46. The molecule has 3 rings (SSSR count). The van der Waals surface area contributed by atoms with Gasteiger partial charge in [0, 0.05) is 38.8 Å². The summed E-state index contributed by atoms with van der Waals surface area (Å²) >= 11 is 0. The van der Waals surface area contributed by atoms with Crippen molar-refractivity contribution in [1.29, 1.82) is 0 Å². The Morgan fingerprint density at radius 3 is 2.35 bits per heavy atom. The molecule has 2 N–H and O–H groups in total. The van der Waals surface area contributed by atoms with Gasteiger partial charge in [-0.05, 0) is 42.0 Å². The van der Waals surface area contributed by atoms with E-state index in [2.05, 4.69) is 37.9 Å². The number of hydrogen-bond acceptors (Lipinski definition) is 4. The van der Waals surface area contributed by atoms with Gasteiger partial charge >= 0.3 is 0 Å². The molecule has 1 atom stereocenters. The second kappa shape index (κ2) is 7.97. The highest BCUT2D eigenvalue weighted by Crippen LogP contribution is 2.34. The average molecular weight is 360 g/mol. The van der Waals surface area contributed by atoms with Crippen molar-refractivity contribution in [3.05, 3.63) is 28.8 Å². The number of amides is 1. The van der Waals surface area contributed by atoms with E-state index in [1.54, 1.807) is 0 Å². The average Bonchev–Trinajstić information content (AvgIpc) is 3.15. The Morgan fingerprint density at radius 1 is 1.12 bits per heavy atom. The molecule has 144 valence electrons. The number of rotatable bonds is 4. The number of carbonyl (C=O) groups excluding carboxylic acids is 1. The minimum atomic E-state index is -0.0314. The molecule has 2 heterocycles. The first-order chi connectivity index (χ1) is 12.4. The van der Waals surface area contributed by atoms with Crippen molar-refractivity contribution in [1.82, 2.24) is 15.1 Å². The van der Waals surface area contributed by atoms with E-state index in [9.17, 15) is 9.90 Å². The van der Waals surface area contributed by atoms with Crippen LogP contribution in [-0.2, 0) is 0 Å². The zero-order valence-corrected chi connectivity index (χ0v) is 16.6. The molecule has 0 unspecified atom stereocenters. The molecule has 0 radical (unpaired) electrons. The summed E-state index contributed by atoms with van der Waals surface area (Å²) in [7, 11) is 0. The molecule has 2 fully saturated rings. The van der Waals surface area contributed by atoms with E-state index >= 15 is 0 Å². The van der Waals surface area contributed by atoms with Gasteiger partial charge in [0.2, 0.25) is 0 Å². The molecular weight excluding hydrogens is 326 g/mol. The topological polar surface area (TPSA) is 55.8 Å². The summed E-state index contributed by atoms with van der Waals surface area (Å²) in [5.74, 6) is 0.645. The lowest BCUT2D eigenvalue weighted by atomic mass is 9.91. The van der Waals surface area contributed by atoms with Crippen LogP contribution in [0.5, 0.6) is 5.75 Å². The summed E-state index contributed by atoms with van der Waals surface area (Å²) in [5, 5.41) is 14.1. The van der Waals surface area contributed by atoms with Gasteiger partial charge in [0.15, 0.2) is 0 Å². The van der Waals surface area contributed by atoms with E-state index in [-0.39, 0.29) is 17.6 Å². The summed E-state index contributed by atoms with van der Waals surface area (Å²) in [6.07, 6.45) is 1.20.